The van der Waals surface area contributed by atoms with Crippen molar-refractivity contribution < 1.29 is 0 Å². The molecular weight excluding hydrogens is 248 g/mol. The van der Waals surface area contributed by atoms with E-state index in [4.69, 9.17) is 0 Å². The van der Waals surface area contributed by atoms with Crippen LogP contribution in [-0.2, 0) is 0 Å². The van der Waals surface area contributed by atoms with Gasteiger partial charge in [0.25, 0.3) is 0 Å². The molecule has 1 fully saturated rings. The second kappa shape index (κ2) is 6.72. The summed E-state index contributed by atoms with van der Waals surface area (Å²) in [5, 5.41) is 7.92. The predicted octanol–water partition coefficient (Wildman–Crippen LogP) is 2.84. The first-order valence-corrected chi connectivity index (χ1v) is 7.99. The number of aromatic nitrogens is 2. The summed E-state index contributed by atoms with van der Waals surface area (Å²) < 4.78 is 2.08. The van der Waals surface area contributed by atoms with Crippen molar-refractivity contribution in [3.05, 3.63) is 18.0 Å². The Morgan fingerprint density at radius 1 is 1.30 bits per heavy atom. The molecule has 4 nitrogen and oxygen atoms in total. The van der Waals surface area contributed by atoms with Crippen molar-refractivity contribution in [1.29, 1.82) is 0 Å². The molecule has 4 heteroatoms. The van der Waals surface area contributed by atoms with Gasteiger partial charge in [-0.25, -0.2) is 0 Å². The third-order valence-corrected chi connectivity index (χ3v) is 4.42. The summed E-state index contributed by atoms with van der Waals surface area (Å²) in [6.45, 7) is 11.3. The van der Waals surface area contributed by atoms with Crippen molar-refractivity contribution >= 4 is 0 Å². The van der Waals surface area contributed by atoms with Crippen LogP contribution in [0.5, 0.6) is 0 Å². The summed E-state index contributed by atoms with van der Waals surface area (Å²) in [4.78, 5) is 2.65. The van der Waals surface area contributed by atoms with Gasteiger partial charge in [0, 0.05) is 29.9 Å². The van der Waals surface area contributed by atoms with Crippen LogP contribution in [0.1, 0.15) is 58.2 Å². The fourth-order valence-electron chi connectivity index (χ4n) is 3.41. The zero-order valence-electron chi connectivity index (χ0n) is 13.6. The lowest BCUT2D eigenvalue weighted by Crippen LogP contribution is -2.45. The van der Waals surface area contributed by atoms with Crippen LogP contribution < -0.4 is 5.32 Å². The van der Waals surface area contributed by atoms with E-state index in [2.05, 4.69) is 67.1 Å². The fraction of sp³-hybridized carbons (Fsp3) is 0.812. The molecule has 2 unspecified atom stereocenters. The number of nitrogens with one attached hydrogen (secondary N) is 1. The van der Waals surface area contributed by atoms with Crippen molar-refractivity contribution in [3.63, 3.8) is 0 Å². The van der Waals surface area contributed by atoms with Gasteiger partial charge in [0.15, 0.2) is 0 Å². The highest BCUT2D eigenvalue weighted by atomic mass is 15.3. The predicted molar refractivity (Wildman–Crippen MR) is 83.8 cm³/mol. The zero-order valence-corrected chi connectivity index (χ0v) is 13.6. The number of hydrogen-bond donors (Lipinski definition) is 1. The maximum atomic E-state index is 4.55. The molecule has 1 aromatic heterocycles. The highest BCUT2D eigenvalue weighted by Gasteiger charge is 2.34. The molecule has 0 radical (unpaired) electrons. The molecule has 0 amide bonds. The summed E-state index contributed by atoms with van der Waals surface area (Å²) in [7, 11) is 2.06. The van der Waals surface area contributed by atoms with Crippen LogP contribution in [0.4, 0.5) is 0 Å². The quantitative estimate of drug-likeness (QED) is 0.899. The minimum atomic E-state index is 0.433. The van der Waals surface area contributed by atoms with Gasteiger partial charge in [-0.05, 0) is 66.6 Å². The van der Waals surface area contributed by atoms with Gasteiger partial charge < -0.3 is 5.32 Å². The molecule has 2 heterocycles. The van der Waals surface area contributed by atoms with E-state index < -0.39 is 0 Å². The molecule has 1 aromatic rings. The largest absolute Gasteiger partial charge is 0.319 e. The van der Waals surface area contributed by atoms with Gasteiger partial charge in [-0.3, -0.25) is 9.58 Å². The molecule has 0 saturated carbocycles. The van der Waals surface area contributed by atoms with Crippen LogP contribution in [0.25, 0.3) is 0 Å². The Balaban J connectivity index is 2.27. The first kappa shape index (κ1) is 15.5. The third-order valence-electron chi connectivity index (χ3n) is 4.42. The molecule has 0 aliphatic carbocycles. The van der Waals surface area contributed by atoms with Gasteiger partial charge in [0.05, 0.1) is 6.20 Å². The van der Waals surface area contributed by atoms with E-state index in [1.165, 1.54) is 24.9 Å². The van der Waals surface area contributed by atoms with Crippen LogP contribution in [0.2, 0.25) is 0 Å². The van der Waals surface area contributed by atoms with Gasteiger partial charge >= 0.3 is 0 Å². The van der Waals surface area contributed by atoms with Gasteiger partial charge in [-0.15, -0.1) is 0 Å². The van der Waals surface area contributed by atoms with Crippen LogP contribution in [0, 0.1) is 5.92 Å². The average Bonchev–Trinajstić information content (AvgIpc) is 2.88. The summed E-state index contributed by atoms with van der Waals surface area (Å²) in [6.07, 6.45) is 6.94. The Hall–Kier alpha value is -0.870. The molecule has 1 N–H and O–H groups in total. The Labute approximate surface area is 123 Å². The molecule has 0 aromatic carbocycles. The Morgan fingerprint density at radius 3 is 2.60 bits per heavy atom. The zero-order chi connectivity index (χ0) is 14.7. The lowest BCUT2D eigenvalue weighted by atomic mass is 9.85. The highest BCUT2D eigenvalue weighted by molar-refractivity contribution is 5.14. The van der Waals surface area contributed by atoms with Crippen molar-refractivity contribution in [2.75, 3.05) is 20.1 Å². The SMILES string of the molecule is CNCC1CCCN(C(C)C)C1c1cnn(C(C)C)c1. The maximum absolute atomic E-state index is 4.55. The van der Waals surface area contributed by atoms with E-state index in [1.54, 1.807) is 0 Å². The van der Waals surface area contributed by atoms with Gasteiger partial charge in [-0.2, -0.15) is 5.10 Å². The number of hydrogen-bond acceptors (Lipinski definition) is 3. The number of likely N-dealkylation sites (tertiary alicyclic amines) is 1. The molecule has 0 bridgehead atoms. The van der Waals surface area contributed by atoms with E-state index in [0.29, 0.717) is 24.0 Å². The second-order valence-corrected chi connectivity index (χ2v) is 6.58. The van der Waals surface area contributed by atoms with Crippen LogP contribution in [0.3, 0.4) is 0 Å². The van der Waals surface area contributed by atoms with Crippen molar-refractivity contribution in [1.82, 2.24) is 20.0 Å². The molecule has 1 aliphatic heterocycles. The standard InChI is InChI=1S/C16H30N4/c1-12(2)19-8-6-7-14(9-17-5)16(19)15-10-18-20(11-15)13(3)4/h10-14,16-17H,6-9H2,1-5H3. The van der Waals surface area contributed by atoms with E-state index in [0.717, 1.165) is 6.54 Å². The number of rotatable bonds is 5. The van der Waals surface area contributed by atoms with Crippen molar-refractivity contribution in [2.45, 2.75) is 58.7 Å². The fourth-order valence-corrected chi connectivity index (χ4v) is 3.41. The third kappa shape index (κ3) is 3.23. The van der Waals surface area contributed by atoms with Crippen LogP contribution in [0.15, 0.2) is 12.4 Å². The van der Waals surface area contributed by atoms with Gasteiger partial charge in [0.2, 0.25) is 0 Å². The number of nitrogens with zero attached hydrogens (tertiary/aromatic N) is 3. The molecule has 2 atom stereocenters. The summed E-state index contributed by atoms with van der Waals surface area (Å²) in [6, 6.07) is 1.52. The van der Waals surface area contributed by atoms with Gasteiger partial charge in [-0.1, -0.05) is 0 Å². The number of piperidine rings is 1. The van der Waals surface area contributed by atoms with Crippen molar-refractivity contribution in [3.8, 4) is 0 Å². The molecular formula is C16H30N4. The molecule has 114 valence electrons. The van der Waals surface area contributed by atoms with E-state index in [-0.39, 0.29) is 0 Å². The van der Waals surface area contributed by atoms with E-state index in [9.17, 15) is 0 Å². The average molecular weight is 278 g/mol. The molecule has 1 saturated heterocycles. The minimum Gasteiger partial charge on any atom is -0.319 e. The summed E-state index contributed by atoms with van der Waals surface area (Å²) in [5.74, 6) is 0.681. The first-order chi connectivity index (χ1) is 9.54. The molecule has 2 rings (SSSR count). The Morgan fingerprint density at radius 2 is 2.05 bits per heavy atom. The lowest BCUT2D eigenvalue weighted by molar-refractivity contribution is 0.0635. The Bertz CT molecular complexity index is 408. The topological polar surface area (TPSA) is 33.1 Å². The molecule has 20 heavy (non-hydrogen) atoms. The van der Waals surface area contributed by atoms with Gasteiger partial charge in [0.1, 0.15) is 0 Å². The second-order valence-electron chi connectivity index (χ2n) is 6.58. The summed E-state index contributed by atoms with van der Waals surface area (Å²) >= 11 is 0. The van der Waals surface area contributed by atoms with E-state index >= 15 is 0 Å². The molecule has 1 aliphatic rings. The monoisotopic (exact) mass is 278 g/mol. The first-order valence-electron chi connectivity index (χ1n) is 7.99. The lowest BCUT2D eigenvalue weighted by Gasteiger charge is -2.43. The summed E-state index contributed by atoms with van der Waals surface area (Å²) in [5.41, 5.74) is 1.38. The van der Waals surface area contributed by atoms with Crippen molar-refractivity contribution in [2.24, 2.45) is 5.92 Å². The minimum absolute atomic E-state index is 0.433. The maximum Gasteiger partial charge on any atom is 0.0537 e. The smallest absolute Gasteiger partial charge is 0.0537 e. The van der Waals surface area contributed by atoms with E-state index in [1.807, 2.05) is 0 Å². The normalized spacial score (nSPS) is 24.8. The van der Waals surface area contributed by atoms with Crippen LogP contribution >= 0.6 is 0 Å². The highest BCUT2D eigenvalue weighted by Crippen LogP contribution is 2.37. The molecule has 0 spiro atoms. The Kier molecular flexibility index (Phi) is 5.22. The van der Waals surface area contributed by atoms with Crippen LogP contribution in [-0.4, -0.2) is 40.9 Å².